The number of methoxy groups -OCH3 is 1. The number of hydrogen-bond donors (Lipinski definition) is 3. The highest BCUT2D eigenvalue weighted by atomic mass is 16.5. The molecule has 12 nitrogen and oxygen atoms in total. The molecule has 0 saturated carbocycles. The van der Waals surface area contributed by atoms with E-state index in [4.69, 9.17) is 16.2 Å². The summed E-state index contributed by atoms with van der Waals surface area (Å²) in [5.41, 5.74) is 14.4. The lowest BCUT2D eigenvalue weighted by atomic mass is 9.96. The third-order valence-corrected chi connectivity index (χ3v) is 6.24. The van der Waals surface area contributed by atoms with Gasteiger partial charge in [0.1, 0.15) is 0 Å². The Hall–Kier alpha value is -4.06. The van der Waals surface area contributed by atoms with Gasteiger partial charge in [-0.05, 0) is 43.5 Å². The van der Waals surface area contributed by atoms with Crippen molar-refractivity contribution in [2.24, 2.45) is 5.92 Å². The van der Waals surface area contributed by atoms with Crippen LogP contribution in [-0.2, 0) is 16.1 Å². The Morgan fingerprint density at radius 3 is 2.53 bits per heavy atom. The van der Waals surface area contributed by atoms with E-state index in [-0.39, 0.29) is 36.2 Å². The molecule has 0 unspecified atom stereocenters. The predicted octanol–water partition coefficient (Wildman–Crippen LogP) is 0.998. The first-order valence-electron chi connectivity index (χ1n) is 11.8. The molecule has 190 valence electrons. The van der Waals surface area contributed by atoms with E-state index >= 15 is 0 Å². The van der Waals surface area contributed by atoms with Crippen LogP contribution in [0.4, 0.5) is 17.5 Å². The van der Waals surface area contributed by atoms with Crippen LogP contribution in [-0.4, -0.2) is 75.2 Å². The Kier molecular flexibility index (Phi) is 7.74. The standard InChI is InChI=1S/C24H30N8O4/c1-36-23(35)16-7-10-31(11-8-16)22(34)15-3-5-18(6-4-15)32(9-2-12-33)14-17-13-27-21-19(28-17)20(25)29-24(26)30-21/h3-6,13,16,33H,2,7-12,14H2,1H3,(H4,25,26,27,29,30). The number of ether oxygens (including phenoxy) is 1. The van der Waals surface area contributed by atoms with E-state index in [2.05, 4.69) is 19.9 Å². The molecule has 0 bridgehead atoms. The summed E-state index contributed by atoms with van der Waals surface area (Å²) in [5, 5.41) is 9.38. The topological polar surface area (TPSA) is 174 Å². The van der Waals surface area contributed by atoms with Crippen LogP contribution >= 0.6 is 0 Å². The summed E-state index contributed by atoms with van der Waals surface area (Å²) in [7, 11) is 1.39. The summed E-state index contributed by atoms with van der Waals surface area (Å²) < 4.78 is 4.82. The van der Waals surface area contributed by atoms with Crippen molar-refractivity contribution in [2.45, 2.75) is 25.8 Å². The van der Waals surface area contributed by atoms with Gasteiger partial charge >= 0.3 is 5.97 Å². The van der Waals surface area contributed by atoms with Gasteiger partial charge in [0.05, 0.1) is 31.5 Å². The van der Waals surface area contributed by atoms with E-state index < -0.39 is 0 Å². The Morgan fingerprint density at radius 2 is 1.86 bits per heavy atom. The number of esters is 1. The maximum absolute atomic E-state index is 13.0. The molecule has 4 rings (SSSR count). The fourth-order valence-corrected chi connectivity index (χ4v) is 4.30. The molecule has 36 heavy (non-hydrogen) atoms. The highest BCUT2D eigenvalue weighted by Gasteiger charge is 2.28. The summed E-state index contributed by atoms with van der Waals surface area (Å²) in [4.78, 5) is 45.4. The van der Waals surface area contributed by atoms with Crippen molar-refractivity contribution in [1.82, 2.24) is 24.8 Å². The van der Waals surface area contributed by atoms with Crippen molar-refractivity contribution < 1.29 is 19.4 Å². The van der Waals surface area contributed by atoms with Crippen LogP contribution in [0.15, 0.2) is 30.5 Å². The zero-order valence-corrected chi connectivity index (χ0v) is 20.1. The average Bonchev–Trinajstić information content (AvgIpc) is 2.90. The molecule has 1 aliphatic heterocycles. The first-order chi connectivity index (χ1) is 17.4. The Balaban J connectivity index is 1.47. The zero-order valence-electron chi connectivity index (χ0n) is 20.1. The normalized spacial score (nSPS) is 14.1. The number of likely N-dealkylation sites (tertiary alicyclic amines) is 1. The summed E-state index contributed by atoms with van der Waals surface area (Å²) in [6.45, 7) is 2.04. The highest BCUT2D eigenvalue weighted by Crippen LogP contribution is 2.23. The monoisotopic (exact) mass is 494 g/mol. The molecule has 1 aliphatic rings. The summed E-state index contributed by atoms with van der Waals surface area (Å²) in [5.74, 6) is -0.243. The summed E-state index contributed by atoms with van der Waals surface area (Å²) in [6.07, 6.45) is 3.36. The number of aliphatic hydroxyl groups excluding tert-OH is 1. The molecule has 2 aromatic heterocycles. The molecule has 0 atom stereocenters. The molecule has 3 aromatic rings. The van der Waals surface area contributed by atoms with Crippen LogP contribution in [0.1, 0.15) is 35.3 Å². The molecule has 3 heterocycles. The van der Waals surface area contributed by atoms with Crippen LogP contribution in [0.25, 0.3) is 11.2 Å². The van der Waals surface area contributed by atoms with Gasteiger partial charge in [0.25, 0.3) is 5.91 Å². The Bertz CT molecular complexity index is 1230. The van der Waals surface area contributed by atoms with Crippen molar-refractivity contribution in [1.29, 1.82) is 0 Å². The number of hydrogen-bond acceptors (Lipinski definition) is 11. The number of nitrogens with two attached hydrogens (primary N) is 2. The molecular weight excluding hydrogens is 464 g/mol. The van der Waals surface area contributed by atoms with Gasteiger partial charge in [-0.3, -0.25) is 9.59 Å². The number of anilines is 3. The number of piperidine rings is 1. The number of rotatable bonds is 8. The smallest absolute Gasteiger partial charge is 0.308 e. The van der Waals surface area contributed by atoms with Crippen LogP contribution < -0.4 is 16.4 Å². The molecule has 1 fully saturated rings. The highest BCUT2D eigenvalue weighted by molar-refractivity contribution is 5.94. The van der Waals surface area contributed by atoms with Gasteiger partial charge in [-0.25, -0.2) is 9.97 Å². The number of carbonyl (C=O) groups is 2. The van der Waals surface area contributed by atoms with Gasteiger partial charge in [-0.15, -0.1) is 0 Å². The van der Waals surface area contributed by atoms with Crippen LogP contribution in [0, 0.1) is 5.92 Å². The SMILES string of the molecule is COC(=O)C1CCN(C(=O)c2ccc(N(CCCO)Cc3cnc4nc(N)nc(N)c4n3)cc2)CC1. The van der Waals surface area contributed by atoms with Crippen molar-refractivity contribution in [3.8, 4) is 0 Å². The summed E-state index contributed by atoms with van der Waals surface area (Å²) >= 11 is 0. The van der Waals surface area contributed by atoms with Gasteiger partial charge < -0.3 is 31.1 Å². The molecule has 0 aliphatic carbocycles. The number of amides is 1. The van der Waals surface area contributed by atoms with Crippen LogP contribution in [0.5, 0.6) is 0 Å². The van der Waals surface area contributed by atoms with E-state index in [0.29, 0.717) is 67.9 Å². The second-order valence-electron chi connectivity index (χ2n) is 8.64. The maximum atomic E-state index is 13.0. The van der Waals surface area contributed by atoms with E-state index in [9.17, 15) is 14.7 Å². The largest absolute Gasteiger partial charge is 0.469 e. The van der Waals surface area contributed by atoms with Crippen LogP contribution in [0.2, 0.25) is 0 Å². The van der Waals surface area contributed by atoms with Crippen molar-refractivity contribution in [3.05, 3.63) is 41.7 Å². The van der Waals surface area contributed by atoms with Gasteiger partial charge in [-0.2, -0.15) is 9.97 Å². The number of aromatic nitrogens is 4. The first-order valence-corrected chi connectivity index (χ1v) is 11.8. The molecule has 5 N–H and O–H groups in total. The van der Waals surface area contributed by atoms with E-state index in [1.807, 2.05) is 17.0 Å². The number of benzene rings is 1. The molecule has 1 amide bonds. The molecule has 0 spiro atoms. The van der Waals surface area contributed by atoms with Crippen molar-refractivity contribution in [3.63, 3.8) is 0 Å². The average molecular weight is 495 g/mol. The minimum absolute atomic E-state index is 0.0362. The van der Waals surface area contributed by atoms with E-state index in [0.717, 1.165) is 5.69 Å². The van der Waals surface area contributed by atoms with Crippen LogP contribution in [0.3, 0.4) is 0 Å². The minimum atomic E-state index is -0.218. The number of nitrogens with zero attached hydrogens (tertiary/aromatic N) is 6. The maximum Gasteiger partial charge on any atom is 0.308 e. The molecule has 0 radical (unpaired) electrons. The van der Waals surface area contributed by atoms with Gasteiger partial charge in [0.15, 0.2) is 17.0 Å². The fraction of sp³-hybridized carbons (Fsp3) is 0.417. The fourth-order valence-electron chi connectivity index (χ4n) is 4.30. The summed E-state index contributed by atoms with van der Waals surface area (Å²) in [6, 6.07) is 7.32. The molecule has 1 aromatic carbocycles. The lowest BCUT2D eigenvalue weighted by Crippen LogP contribution is -2.40. The zero-order chi connectivity index (χ0) is 25.7. The second kappa shape index (κ2) is 11.1. The molecule has 12 heteroatoms. The molecular formula is C24H30N8O4. The molecule has 1 saturated heterocycles. The van der Waals surface area contributed by atoms with Crippen molar-refractivity contribution in [2.75, 3.05) is 49.7 Å². The lowest BCUT2D eigenvalue weighted by Gasteiger charge is -2.31. The third kappa shape index (κ3) is 5.60. The van der Waals surface area contributed by atoms with E-state index in [1.165, 1.54) is 7.11 Å². The van der Waals surface area contributed by atoms with Gasteiger partial charge in [0, 0.05) is 37.5 Å². The Labute approximate surface area is 208 Å². The lowest BCUT2D eigenvalue weighted by molar-refractivity contribution is -0.146. The van der Waals surface area contributed by atoms with Crippen molar-refractivity contribution >= 4 is 40.5 Å². The number of nitrogen functional groups attached to an aromatic ring is 2. The van der Waals surface area contributed by atoms with Gasteiger partial charge in [0.2, 0.25) is 5.95 Å². The first kappa shape index (κ1) is 25.0. The Morgan fingerprint density at radius 1 is 1.14 bits per heavy atom. The van der Waals surface area contributed by atoms with Gasteiger partial charge in [-0.1, -0.05) is 0 Å². The predicted molar refractivity (Wildman–Crippen MR) is 134 cm³/mol. The number of fused-ring (bicyclic) bond motifs is 1. The number of aliphatic hydroxyl groups is 1. The third-order valence-electron chi connectivity index (χ3n) is 6.24. The quantitative estimate of drug-likeness (QED) is 0.381. The van der Waals surface area contributed by atoms with E-state index in [1.54, 1.807) is 23.2 Å². The minimum Gasteiger partial charge on any atom is -0.469 e. The number of carbonyl (C=O) groups excluding carboxylic acids is 2. The second-order valence-corrected chi connectivity index (χ2v) is 8.64.